The first-order valence-electron chi connectivity index (χ1n) is 8.79. The molecule has 0 radical (unpaired) electrons. The van der Waals surface area contributed by atoms with E-state index < -0.39 is 33.9 Å². The Labute approximate surface area is 169 Å². The van der Waals surface area contributed by atoms with Gasteiger partial charge in [0.25, 0.3) is 11.8 Å². The van der Waals surface area contributed by atoms with E-state index in [1.807, 2.05) is 0 Å². The van der Waals surface area contributed by atoms with Crippen LogP contribution in [0.25, 0.3) is 0 Å². The number of hydrogen-bond donors (Lipinski definition) is 1. The summed E-state index contributed by atoms with van der Waals surface area (Å²) in [6.45, 7) is 1.49. The van der Waals surface area contributed by atoms with Crippen LogP contribution in [0.1, 0.15) is 30.1 Å². The largest absolute Gasteiger partial charge is 0.452 e. The smallest absolute Gasteiger partial charge is 0.308 e. The molecule has 0 saturated carbocycles. The minimum absolute atomic E-state index is 0.0524. The molecule has 154 valence electrons. The molecule has 0 aromatic heterocycles. The number of esters is 1. The fourth-order valence-electron chi connectivity index (χ4n) is 2.84. The molecule has 10 heteroatoms. The summed E-state index contributed by atoms with van der Waals surface area (Å²) in [5.74, 6) is -1.47. The van der Waals surface area contributed by atoms with E-state index in [9.17, 15) is 22.8 Å². The number of rotatable bonds is 7. The van der Waals surface area contributed by atoms with Gasteiger partial charge in [0.2, 0.25) is 0 Å². The number of likely N-dealkylation sites (N-methyl/N-ethyl adjacent to an activating group) is 1. The van der Waals surface area contributed by atoms with Crippen LogP contribution in [0.5, 0.6) is 0 Å². The number of nitrogens with zero attached hydrogens (tertiary/aromatic N) is 1. The van der Waals surface area contributed by atoms with E-state index in [4.69, 9.17) is 16.3 Å². The van der Waals surface area contributed by atoms with Gasteiger partial charge in [0.15, 0.2) is 15.9 Å². The third-order valence-electron chi connectivity index (χ3n) is 4.48. The number of nitrogens with one attached hydrogen (secondary N) is 1. The predicted octanol–water partition coefficient (Wildman–Crippen LogP) is 1.04. The Morgan fingerprint density at radius 2 is 1.93 bits per heavy atom. The van der Waals surface area contributed by atoms with Crippen LogP contribution in [0.3, 0.4) is 0 Å². The van der Waals surface area contributed by atoms with E-state index >= 15 is 0 Å². The van der Waals surface area contributed by atoms with Gasteiger partial charge in [-0.3, -0.25) is 14.4 Å². The van der Waals surface area contributed by atoms with Gasteiger partial charge < -0.3 is 15.0 Å². The summed E-state index contributed by atoms with van der Waals surface area (Å²) >= 11 is 5.76. The average Bonchev–Trinajstić information content (AvgIpc) is 3.00. The van der Waals surface area contributed by atoms with E-state index in [-0.39, 0.29) is 30.4 Å². The number of sulfone groups is 1. The summed E-state index contributed by atoms with van der Waals surface area (Å²) in [4.78, 5) is 37.5. The average molecular weight is 431 g/mol. The molecule has 1 aromatic carbocycles. The van der Waals surface area contributed by atoms with Crippen LogP contribution in [0.2, 0.25) is 5.02 Å². The van der Waals surface area contributed by atoms with Crippen molar-refractivity contribution in [2.45, 2.75) is 31.9 Å². The quantitative estimate of drug-likeness (QED) is 0.647. The van der Waals surface area contributed by atoms with Crippen molar-refractivity contribution in [3.63, 3.8) is 0 Å². The van der Waals surface area contributed by atoms with Crippen molar-refractivity contribution in [2.24, 2.45) is 0 Å². The number of benzene rings is 1. The molecule has 2 amide bonds. The van der Waals surface area contributed by atoms with Crippen LogP contribution in [0, 0.1) is 0 Å². The van der Waals surface area contributed by atoms with Crippen molar-refractivity contribution in [3.8, 4) is 0 Å². The summed E-state index contributed by atoms with van der Waals surface area (Å²) in [5.41, 5.74) is 0.412. The third-order valence-corrected chi connectivity index (χ3v) is 6.48. The Hall–Kier alpha value is -2.13. The Morgan fingerprint density at radius 1 is 1.29 bits per heavy atom. The fourth-order valence-corrected chi connectivity index (χ4v) is 4.74. The third kappa shape index (κ3) is 6.20. The van der Waals surface area contributed by atoms with E-state index in [1.54, 1.807) is 24.3 Å². The predicted molar refractivity (Wildman–Crippen MR) is 104 cm³/mol. The molecular formula is C18H23ClN2O6S. The van der Waals surface area contributed by atoms with Gasteiger partial charge >= 0.3 is 5.97 Å². The second kappa shape index (κ2) is 9.38. The minimum atomic E-state index is -3.12. The highest BCUT2D eigenvalue weighted by molar-refractivity contribution is 7.91. The Kier molecular flexibility index (Phi) is 7.42. The first-order valence-corrected chi connectivity index (χ1v) is 11.0. The first-order chi connectivity index (χ1) is 13.1. The van der Waals surface area contributed by atoms with Crippen LogP contribution in [0.4, 0.5) is 0 Å². The first kappa shape index (κ1) is 22.2. The zero-order valence-electron chi connectivity index (χ0n) is 15.7. The fraction of sp³-hybridized carbons (Fsp3) is 0.500. The normalized spacial score (nSPS) is 18.9. The summed E-state index contributed by atoms with van der Waals surface area (Å²) in [7, 11) is -1.61. The molecule has 0 unspecified atom stereocenters. The van der Waals surface area contributed by atoms with Gasteiger partial charge in [0.1, 0.15) is 0 Å². The van der Waals surface area contributed by atoms with E-state index in [0.29, 0.717) is 17.0 Å². The SMILES string of the molecule is C[C@H](OC(=O)CCNC(=O)c1ccc(Cl)cc1)C(=O)N(C)[C@H]1CCS(=O)(=O)C1. The Balaban J connectivity index is 1.75. The van der Waals surface area contributed by atoms with Crippen LogP contribution in [-0.4, -0.2) is 68.3 Å². The maximum absolute atomic E-state index is 12.3. The highest BCUT2D eigenvalue weighted by atomic mass is 35.5. The summed E-state index contributed by atoms with van der Waals surface area (Å²) in [6, 6.07) is 5.90. The van der Waals surface area contributed by atoms with E-state index in [2.05, 4.69) is 5.32 Å². The van der Waals surface area contributed by atoms with Crippen molar-refractivity contribution in [1.82, 2.24) is 10.2 Å². The van der Waals surface area contributed by atoms with Gasteiger partial charge in [-0.05, 0) is 37.6 Å². The number of halogens is 1. The van der Waals surface area contributed by atoms with Crippen molar-refractivity contribution < 1.29 is 27.5 Å². The lowest BCUT2D eigenvalue weighted by molar-refractivity contribution is -0.159. The molecule has 0 spiro atoms. The van der Waals surface area contributed by atoms with Crippen LogP contribution < -0.4 is 5.32 Å². The second-order valence-electron chi connectivity index (χ2n) is 6.65. The Morgan fingerprint density at radius 3 is 2.50 bits per heavy atom. The number of hydrogen-bond acceptors (Lipinski definition) is 6. The van der Waals surface area contributed by atoms with Gasteiger partial charge in [-0.15, -0.1) is 0 Å². The topological polar surface area (TPSA) is 110 Å². The van der Waals surface area contributed by atoms with Crippen molar-refractivity contribution in [3.05, 3.63) is 34.9 Å². The monoisotopic (exact) mass is 430 g/mol. The van der Waals surface area contributed by atoms with E-state index in [0.717, 1.165) is 0 Å². The molecule has 0 aliphatic carbocycles. The van der Waals surface area contributed by atoms with Crippen LogP contribution in [0.15, 0.2) is 24.3 Å². The van der Waals surface area contributed by atoms with Crippen molar-refractivity contribution in [2.75, 3.05) is 25.1 Å². The van der Waals surface area contributed by atoms with E-state index in [1.165, 1.54) is 18.9 Å². The zero-order chi connectivity index (χ0) is 20.9. The Bertz CT molecular complexity index is 840. The summed E-state index contributed by atoms with van der Waals surface area (Å²) < 4.78 is 28.2. The lowest BCUT2D eigenvalue weighted by Gasteiger charge is -2.26. The molecule has 1 fully saturated rings. The molecule has 2 atom stereocenters. The molecule has 1 saturated heterocycles. The number of amides is 2. The maximum Gasteiger partial charge on any atom is 0.308 e. The van der Waals surface area contributed by atoms with Gasteiger partial charge in [-0.2, -0.15) is 0 Å². The summed E-state index contributed by atoms with van der Waals surface area (Å²) in [6.07, 6.45) is -0.756. The molecule has 0 bridgehead atoms. The number of carbonyl (C=O) groups is 3. The lowest BCUT2D eigenvalue weighted by Crippen LogP contribution is -2.44. The lowest BCUT2D eigenvalue weighted by atomic mass is 10.2. The molecule has 1 heterocycles. The van der Waals surface area contributed by atoms with Crippen LogP contribution in [-0.2, 0) is 24.2 Å². The highest BCUT2D eigenvalue weighted by Gasteiger charge is 2.34. The molecule has 28 heavy (non-hydrogen) atoms. The standard InChI is InChI=1S/C18H23ClN2O6S/c1-12(18(24)21(2)15-8-10-28(25,26)11-15)27-16(22)7-9-20-17(23)13-3-5-14(19)6-4-13/h3-6,12,15H,7-11H2,1-2H3,(H,20,23)/t12-,15-/m0/s1. The number of carbonyl (C=O) groups excluding carboxylic acids is 3. The highest BCUT2D eigenvalue weighted by Crippen LogP contribution is 2.17. The molecule has 1 aromatic rings. The maximum atomic E-state index is 12.3. The zero-order valence-corrected chi connectivity index (χ0v) is 17.3. The van der Waals surface area contributed by atoms with Gasteiger partial charge in [-0.25, -0.2) is 8.42 Å². The summed E-state index contributed by atoms with van der Waals surface area (Å²) in [5, 5.41) is 3.10. The molecule has 1 N–H and O–H groups in total. The van der Waals surface area contributed by atoms with Gasteiger partial charge in [0, 0.05) is 30.2 Å². The second-order valence-corrected chi connectivity index (χ2v) is 9.32. The van der Waals surface area contributed by atoms with Gasteiger partial charge in [-0.1, -0.05) is 11.6 Å². The van der Waals surface area contributed by atoms with Crippen molar-refractivity contribution in [1.29, 1.82) is 0 Å². The van der Waals surface area contributed by atoms with Crippen LogP contribution >= 0.6 is 11.6 Å². The van der Waals surface area contributed by atoms with Gasteiger partial charge in [0.05, 0.1) is 17.9 Å². The molecule has 1 aliphatic rings. The minimum Gasteiger partial charge on any atom is -0.452 e. The number of ether oxygens (including phenoxy) is 1. The molecule has 2 rings (SSSR count). The molecule has 8 nitrogen and oxygen atoms in total. The van der Waals surface area contributed by atoms with Crippen molar-refractivity contribution >= 4 is 39.2 Å². The molecule has 1 aliphatic heterocycles. The molecular weight excluding hydrogens is 408 g/mol.